The lowest BCUT2D eigenvalue weighted by atomic mass is 9.98. The summed E-state index contributed by atoms with van der Waals surface area (Å²) in [6.07, 6.45) is 1.18. The van der Waals surface area contributed by atoms with E-state index in [0.29, 0.717) is 0 Å². The van der Waals surface area contributed by atoms with E-state index in [1.165, 1.54) is 16.7 Å². The average molecular weight is 270 g/mol. The lowest BCUT2D eigenvalue weighted by Crippen LogP contribution is -2.01. The van der Waals surface area contributed by atoms with Crippen molar-refractivity contribution in [2.24, 2.45) is 0 Å². The molecule has 1 unspecified atom stereocenters. The Morgan fingerprint density at radius 1 is 1.00 bits per heavy atom. The third-order valence-corrected chi connectivity index (χ3v) is 3.49. The molecule has 2 aromatic rings. The standard InChI is InChI=1S/C18H22O2/c1-13-10-14(2)12-16(11-13)18(19)9-6-15-4-7-17(20-3)8-5-15/h4-5,7-8,10-12,18-19H,6,9H2,1-3H3. The Labute approximate surface area is 121 Å². The number of rotatable bonds is 5. The van der Waals surface area contributed by atoms with Crippen LogP contribution in [-0.4, -0.2) is 12.2 Å². The summed E-state index contributed by atoms with van der Waals surface area (Å²) in [5.74, 6) is 0.864. The van der Waals surface area contributed by atoms with E-state index in [1.54, 1.807) is 7.11 Å². The number of benzene rings is 2. The molecular formula is C18H22O2. The molecule has 0 spiro atoms. The third-order valence-electron chi connectivity index (χ3n) is 3.49. The van der Waals surface area contributed by atoms with E-state index in [2.05, 4.69) is 32.0 Å². The van der Waals surface area contributed by atoms with Crippen LogP contribution < -0.4 is 4.74 Å². The molecule has 0 fully saturated rings. The maximum absolute atomic E-state index is 10.3. The molecule has 0 saturated carbocycles. The molecular weight excluding hydrogens is 248 g/mol. The van der Waals surface area contributed by atoms with Crippen LogP contribution in [-0.2, 0) is 6.42 Å². The summed E-state index contributed by atoms with van der Waals surface area (Å²) >= 11 is 0. The molecule has 0 aliphatic heterocycles. The fourth-order valence-electron chi connectivity index (χ4n) is 2.46. The van der Waals surface area contributed by atoms with Crippen LogP contribution in [0.15, 0.2) is 42.5 Å². The summed E-state index contributed by atoms with van der Waals surface area (Å²) in [4.78, 5) is 0. The Kier molecular flexibility index (Phi) is 4.80. The van der Waals surface area contributed by atoms with Crippen molar-refractivity contribution in [3.8, 4) is 5.75 Å². The van der Waals surface area contributed by atoms with Crippen molar-refractivity contribution < 1.29 is 9.84 Å². The minimum atomic E-state index is -0.407. The molecule has 0 heterocycles. The van der Waals surface area contributed by atoms with Crippen molar-refractivity contribution in [3.63, 3.8) is 0 Å². The zero-order chi connectivity index (χ0) is 14.5. The number of aliphatic hydroxyl groups excluding tert-OH is 1. The van der Waals surface area contributed by atoms with Crippen molar-refractivity contribution in [2.45, 2.75) is 32.8 Å². The fourth-order valence-corrected chi connectivity index (χ4v) is 2.46. The summed E-state index contributed by atoms with van der Waals surface area (Å²) in [7, 11) is 1.67. The molecule has 106 valence electrons. The van der Waals surface area contributed by atoms with Crippen LogP contribution in [0.25, 0.3) is 0 Å². The molecule has 0 aliphatic carbocycles. The summed E-state index contributed by atoms with van der Waals surface area (Å²) in [5, 5.41) is 10.3. The van der Waals surface area contributed by atoms with Gasteiger partial charge in [0.15, 0.2) is 0 Å². The second-order valence-corrected chi connectivity index (χ2v) is 5.32. The van der Waals surface area contributed by atoms with E-state index < -0.39 is 6.10 Å². The average Bonchev–Trinajstić information content (AvgIpc) is 2.44. The first-order valence-corrected chi connectivity index (χ1v) is 6.97. The Bertz CT molecular complexity index is 538. The maximum Gasteiger partial charge on any atom is 0.118 e. The first kappa shape index (κ1) is 14.6. The molecule has 0 amide bonds. The summed E-state index contributed by atoms with van der Waals surface area (Å²) in [6.45, 7) is 4.12. The van der Waals surface area contributed by atoms with E-state index in [1.807, 2.05) is 24.3 Å². The molecule has 2 nitrogen and oxygen atoms in total. The van der Waals surface area contributed by atoms with Gasteiger partial charge in [0, 0.05) is 0 Å². The van der Waals surface area contributed by atoms with Gasteiger partial charge in [-0.2, -0.15) is 0 Å². The predicted molar refractivity (Wildman–Crippen MR) is 82.2 cm³/mol. The van der Waals surface area contributed by atoms with Gasteiger partial charge < -0.3 is 9.84 Å². The van der Waals surface area contributed by atoms with Gasteiger partial charge in [-0.1, -0.05) is 41.5 Å². The lowest BCUT2D eigenvalue weighted by molar-refractivity contribution is 0.167. The van der Waals surface area contributed by atoms with Crippen LogP contribution in [0.3, 0.4) is 0 Å². The van der Waals surface area contributed by atoms with Gasteiger partial charge in [0.25, 0.3) is 0 Å². The highest BCUT2D eigenvalue weighted by Gasteiger charge is 2.09. The SMILES string of the molecule is COc1ccc(CCC(O)c2cc(C)cc(C)c2)cc1. The van der Waals surface area contributed by atoms with Gasteiger partial charge in [-0.25, -0.2) is 0 Å². The first-order chi connectivity index (χ1) is 9.58. The molecule has 0 radical (unpaired) electrons. The highest BCUT2D eigenvalue weighted by Crippen LogP contribution is 2.22. The fraction of sp³-hybridized carbons (Fsp3) is 0.333. The quantitative estimate of drug-likeness (QED) is 0.890. The normalized spacial score (nSPS) is 12.2. The number of hydrogen-bond donors (Lipinski definition) is 1. The van der Waals surface area contributed by atoms with Gasteiger partial charge in [-0.15, -0.1) is 0 Å². The second-order valence-electron chi connectivity index (χ2n) is 5.32. The van der Waals surface area contributed by atoms with Crippen molar-refractivity contribution in [1.29, 1.82) is 0 Å². The molecule has 0 saturated heterocycles. The lowest BCUT2D eigenvalue weighted by Gasteiger charge is -2.13. The van der Waals surface area contributed by atoms with Crippen LogP contribution >= 0.6 is 0 Å². The number of ether oxygens (including phenoxy) is 1. The molecule has 2 rings (SSSR count). The van der Waals surface area contributed by atoms with Crippen LogP contribution in [0, 0.1) is 13.8 Å². The monoisotopic (exact) mass is 270 g/mol. The Balaban J connectivity index is 1.98. The van der Waals surface area contributed by atoms with Gasteiger partial charge in [0.1, 0.15) is 5.75 Å². The van der Waals surface area contributed by atoms with Gasteiger partial charge in [-0.05, 0) is 49.9 Å². The molecule has 2 aromatic carbocycles. The van der Waals surface area contributed by atoms with Crippen molar-refractivity contribution in [2.75, 3.05) is 7.11 Å². The topological polar surface area (TPSA) is 29.5 Å². The van der Waals surface area contributed by atoms with Crippen LogP contribution in [0.2, 0.25) is 0 Å². The van der Waals surface area contributed by atoms with E-state index in [9.17, 15) is 5.11 Å². The second kappa shape index (κ2) is 6.58. The Morgan fingerprint density at radius 2 is 1.60 bits per heavy atom. The minimum Gasteiger partial charge on any atom is -0.497 e. The molecule has 2 heteroatoms. The van der Waals surface area contributed by atoms with Gasteiger partial charge >= 0.3 is 0 Å². The smallest absolute Gasteiger partial charge is 0.118 e. The van der Waals surface area contributed by atoms with Gasteiger partial charge in [-0.3, -0.25) is 0 Å². The van der Waals surface area contributed by atoms with Gasteiger partial charge in [0.05, 0.1) is 13.2 Å². The Morgan fingerprint density at radius 3 is 2.15 bits per heavy atom. The largest absolute Gasteiger partial charge is 0.497 e. The summed E-state index contributed by atoms with van der Waals surface area (Å²) in [6, 6.07) is 14.3. The molecule has 0 aromatic heterocycles. The van der Waals surface area contributed by atoms with E-state index in [4.69, 9.17) is 4.74 Å². The summed E-state index contributed by atoms with van der Waals surface area (Å²) < 4.78 is 5.14. The molecule has 1 atom stereocenters. The highest BCUT2D eigenvalue weighted by molar-refractivity contribution is 5.30. The molecule has 1 N–H and O–H groups in total. The number of hydrogen-bond acceptors (Lipinski definition) is 2. The van der Waals surface area contributed by atoms with E-state index in [-0.39, 0.29) is 0 Å². The Hall–Kier alpha value is -1.80. The molecule has 0 bridgehead atoms. The maximum atomic E-state index is 10.3. The van der Waals surface area contributed by atoms with Crippen molar-refractivity contribution in [1.82, 2.24) is 0 Å². The molecule has 20 heavy (non-hydrogen) atoms. The molecule has 0 aliphatic rings. The number of methoxy groups -OCH3 is 1. The number of aryl methyl sites for hydroxylation is 3. The van der Waals surface area contributed by atoms with Crippen molar-refractivity contribution >= 4 is 0 Å². The summed E-state index contributed by atoms with van der Waals surface area (Å²) in [5.41, 5.74) is 4.62. The zero-order valence-electron chi connectivity index (χ0n) is 12.4. The van der Waals surface area contributed by atoms with Crippen LogP contribution in [0.4, 0.5) is 0 Å². The zero-order valence-corrected chi connectivity index (χ0v) is 12.4. The minimum absolute atomic E-state index is 0.407. The van der Waals surface area contributed by atoms with Gasteiger partial charge in [0.2, 0.25) is 0 Å². The van der Waals surface area contributed by atoms with E-state index >= 15 is 0 Å². The third kappa shape index (κ3) is 3.84. The predicted octanol–water partition coefficient (Wildman–Crippen LogP) is 3.98. The highest BCUT2D eigenvalue weighted by atomic mass is 16.5. The van der Waals surface area contributed by atoms with Crippen molar-refractivity contribution in [3.05, 3.63) is 64.7 Å². The number of aliphatic hydroxyl groups is 1. The first-order valence-electron chi connectivity index (χ1n) is 6.97. The van der Waals surface area contributed by atoms with E-state index in [0.717, 1.165) is 24.2 Å². The van der Waals surface area contributed by atoms with Crippen LogP contribution in [0.5, 0.6) is 5.75 Å². The van der Waals surface area contributed by atoms with Crippen LogP contribution in [0.1, 0.15) is 34.8 Å².